The number of halogens is 1. The number of anilines is 1. The van der Waals surface area contributed by atoms with Crippen molar-refractivity contribution in [1.82, 2.24) is 15.0 Å². The average Bonchev–Trinajstić information content (AvgIpc) is 3.14. The van der Waals surface area contributed by atoms with Crippen LogP contribution in [-0.2, 0) is 6.54 Å². The molecule has 0 unspecified atom stereocenters. The Kier molecular flexibility index (Phi) is 5.76. The third-order valence-corrected chi connectivity index (χ3v) is 4.27. The molecule has 0 aliphatic rings. The van der Waals surface area contributed by atoms with E-state index in [0.29, 0.717) is 29.0 Å². The monoisotopic (exact) mass is 384 g/mol. The summed E-state index contributed by atoms with van der Waals surface area (Å²) in [5.74, 6) is 1.35. The first-order valence-electron chi connectivity index (χ1n) is 8.63. The van der Waals surface area contributed by atoms with Crippen molar-refractivity contribution < 1.29 is 9.32 Å². The fourth-order valence-corrected chi connectivity index (χ4v) is 2.56. The molecule has 0 aliphatic heterocycles. The van der Waals surface area contributed by atoms with Crippen LogP contribution < -0.4 is 5.32 Å². The summed E-state index contributed by atoms with van der Waals surface area (Å²) in [6, 6.07) is 14.5. The van der Waals surface area contributed by atoms with Crippen LogP contribution in [0, 0.1) is 0 Å². The topological polar surface area (TPSA) is 71.3 Å². The number of hydrogen-bond acceptors (Lipinski definition) is 4. The van der Waals surface area contributed by atoms with Gasteiger partial charge in [-0.15, -0.1) is 0 Å². The van der Waals surface area contributed by atoms with Crippen LogP contribution in [0.15, 0.2) is 53.1 Å². The zero-order valence-electron chi connectivity index (χ0n) is 15.4. The van der Waals surface area contributed by atoms with Crippen molar-refractivity contribution in [2.45, 2.75) is 26.3 Å². The molecule has 7 heteroatoms. The van der Waals surface area contributed by atoms with E-state index in [9.17, 15) is 4.79 Å². The van der Waals surface area contributed by atoms with Crippen LogP contribution in [-0.4, -0.2) is 28.1 Å². The summed E-state index contributed by atoms with van der Waals surface area (Å²) in [6.07, 6.45) is 0. The Balaban J connectivity index is 1.61. The number of rotatable bonds is 5. The molecular formula is C20H21ClN4O2. The second-order valence-corrected chi connectivity index (χ2v) is 7.04. The lowest BCUT2D eigenvalue weighted by Crippen LogP contribution is -2.30. The molecule has 2 amide bonds. The van der Waals surface area contributed by atoms with Gasteiger partial charge in [-0.3, -0.25) is 0 Å². The number of amides is 2. The zero-order chi connectivity index (χ0) is 19.4. The maximum absolute atomic E-state index is 12.4. The third-order valence-electron chi connectivity index (χ3n) is 4.02. The Labute approximate surface area is 163 Å². The maximum Gasteiger partial charge on any atom is 0.321 e. The number of benzene rings is 2. The smallest absolute Gasteiger partial charge is 0.321 e. The molecule has 0 aliphatic carbocycles. The normalized spacial score (nSPS) is 10.9. The van der Waals surface area contributed by atoms with E-state index >= 15 is 0 Å². The van der Waals surface area contributed by atoms with E-state index in [-0.39, 0.29) is 11.9 Å². The molecule has 140 valence electrons. The number of aromatic nitrogens is 2. The highest BCUT2D eigenvalue weighted by molar-refractivity contribution is 6.30. The Morgan fingerprint density at radius 2 is 1.81 bits per heavy atom. The second kappa shape index (κ2) is 8.22. The maximum atomic E-state index is 12.4. The number of nitrogens with one attached hydrogen (secondary N) is 1. The van der Waals surface area contributed by atoms with Crippen molar-refractivity contribution in [2.75, 3.05) is 12.4 Å². The van der Waals surface area contributed by atoms with Crippen LogP contribution in [0.2, 0.25) is 5.02 Å². The molecule has 0 bridgehead atoms. The van der Waals surface area contributed by atoms with E-state index in [1.807, 2.05) is 62.4 Å². The number of carbonyl (C=O) groups is 1. The fraction of sp³-hybridized carbons (Fsp3) is 0.250. The SMILES string of the molecule is CC(C)c1noc(-c2ccc(NC(=O)N(C)Cc3ccc(Cl)cc3)cc2)n1. The van der Waals surface area contributed by atoms with Gasteiger partial charge in [0.1, 0.15) is 0 Å². The molecule has 6 nitrogen and oxygen atoms in total. The molecule has 1 N–H and O–H groups in total. The highest BCUT2D eigenvalue weighted by Crippen LogP contribution is 2.22. The number of carbonyl (C=O) groups excluding carboxylic acids is 1. The van der Waals surface area contributed by atoms with Gasteiger partial charge in [0, 0.05) is 35.8 Å². The van der Waals surface area contributed by atoms with Crippen molar-refractivity contribution in [2.24, 2.45) is 0 Å². The first-order chi connectivity index (χ1) is 12.9. The van der Waals surface area contributed by atoms with Gasteiger partial charge in [-0.25, -0.2) is 4.79 Å². The molecule has 3 aromatic rings. The van der Waals surface area contributed by atoms with Gasteiger partial charge < -0.3 is 14.7 Å². The predicted octanol–water partition coefficient (Wildman–Crippen LogP) is 5.18. The van der Waals surface area contributed by atoms with Crippen LogP contribution in [0.5, 0.6) is 0 Å². The number of nitrogens with zero attached hydrogens (tertiary/aromatic N) is 3. The van der Waals surface area contributed by atoms with Crippen LogP contribution in [0.3, 0.4) is 0 Å². The molecule has 0 atom stereocenters. The van der Waals surface area contributed by atoms with Gasteiger partial charge in [-0.1, -0.05) is 42.7 Å². The molecule has 1 heterocycles. The summed E-state index contributed by atoms with van der Waals surface area (Å²) in [5.41, 5.74) is 2.50. The van der Waals surface area contributed by atoms with Crippen molar-refractivity contribution in [3.63, 3.8) is 0 Å². The van der Waals surface area contributed by atoms with Gasteiger partial charge >= 0.3 is 6.03 Å². The summed E-state index contributed by atoms with van der Waals surface area (Å²) in [6.45, 7) is 4.50. The molecule has 0 saturated carbocycles. The fourth-order valence-electron chi connectivity index (χ4n) is 2.44. The molecule has 0 saturated heterocycles. The Hall–Kier alpha value is -2.86. The van der Waals surface area contributed by atoms with Crippen LogP contribution in [0.4, 0.5) is 10.5 Å². The summed E-state index contributed by atoms with van der Waals surface area (Å²) >= 11 is 5.88. The standard InChI is InChI=1S/C20H21ClN4O2/c1-13(2)18-23-19(27-24-18)15-6-10-17(11-7-15)22-20(26)25(3)12-14-4-8-16(21)9-5-14/h4-11,13H,12H2,1-3H3,(H,22,26). The second-order valence-electron chi connectivity index (χ2n) is 6.60. The molecule has 27 heavy (non-hydrogen) atoms. The van der Waals surface area contributed by atoms with Crippen molar-refractivity contribution >= 4 is 23.3 Å². The first kappa shape index (κ1) is 18.9. The van der Waals surface area contributed by atoms with Crippen molar-refractivity contribution in [3.05, 3.63) is 64.9 Å². The lowest BCUT2D eigenvalue weighted by atomic mass is 10.2. The van der Waals surface area contributed by atoms with Gasteiger partial charge in [0.25, 0.3) is 5.89 Å². The number of urea groups is 1. The van der Waals surface area contributed by atoms with E-state index in [1.165, 1.54) is 0 Å². The molecule has 0 radical (unpaired) electrons. The van der Waals surface area contributed by atoms with Gasteiger partial charge in [0.05, 0.1) is 0 Å². The third kappa shape index (κ3) is 4.86. The molecule has 3 rings (SSSR count). The number of hydrogen-bond donors (Lipinski definition) is 1. The molecular weight excluding hydrogens is 364 g/mol. The minimum absolute atomic E-state index is 0.197. The van der Waals surface area contributed by atoms with Crippen LogP contribution in [0.25, 0.3) is 11.5 Å². The summed E-state index contributed by atoms with van der Waals surface area (Å²) in [5, 5.41) is 7.50. The van der Waals surface area contributed by atoms with E-state index in [1.54, 1.807) is 11.9 Å². The Morgan fingerprint density at radius 1 is 1.15 bits per heavy atom. The summed E-state index contributed by atoms with van der Waals surface area (Å²) in [7, 11) is 1.74. The largest absolute Gasteiger partial charge is 0.334 e. The van der Waals surface area contributed by atoms with Gasteiger partial charge in [0.2, 0.25) is 0 Å². The zero-order valence-corrected chi connectivity index (χ0v) is 16.2. The van der Waals surface area contributed by atoms with E-state index in [2.05, 4.69) is 15.5 Å². The van der Waals surface area contributed by atoms with E-state index < -0.39 is 0 Å². The minimum atomic E-state index is -0.197. The molecule has 2 aromatic carbocycles. The highest BCUT2D eigenvalue weighted by atomic mass is 35.5. The van der Waals surface area contributed by atoms with Crippen molar-refractivity contribution in [3.8, 4) is 11.5 Å². The Bertz CT molecular complexity index is 904. The quantitative estimate of drug-likeness (QED) is 0.658. The average molecular weight is 385 g/mol. The summed E-state index contributed by atoms with van der Waals surface area (Å²) < 4.78 is 5.28. The lowest BCUT2D eigenvalue weighted by molar-refractivity contribution is 0.220. The van der Waals surface area contributed by atoms with E-state index in [0.717, 1.165) is 11.1 Å². The molecule has 0 fully saturated rings. The molecule has 1 aromatic heterocycles. The highest BCUT2D eigenvalue weighted by Gasteiger charge is 2.13. The lowest BCUT2D eigenvalue weighted by Gasteiger charge is -2.18. The predicted molar refractivity (Wildman–Crippen MR) is 106 cm³/mol. The molecule has 0 spiro atoms. The summed E-state index contributed by atoms with van der Waals surface area (Å²) in [4.78, 5) is 18.3. The van der Waals surface area contributed by atoms with Crippen LogP contribution >= 0.6 is 11.6 Å². The van der Waals surface area contributed by atoms with Gasteiger partial charge in [-0.05, 0) is 42.0 Å². The minimum Gasteiger partial charge on any atom is -0.334 e. The van der Waals surface area contributed by atoms with Crippen LogP contribution in [0.1, 0.15) is 31.2 Å². The van der Waals surface area contributed by atoms with Gasteiger partial charge in [0.15, 0.2) is 5.82 Å². The first-order valence-corrected chi connectivity index (χ1v) is 9.01. The van der Waals surface area contributed by atoms with Crippen molar-refractivity contribution in [1.29, 1.82) is 0 Å². The Morgan fingerprint density at radius 3 is 2.41 bits per heavy atom. The van der Waals surface area contributed by atoms with Gasteiger partial charge in [-0.2, -0.15) is 4.98 Å². The van der Waals surface area contributed by atoms with E-state index in [4.69, 9.17) is 16.1 Å².